The van der Waals surface area contributed by atoms with Crippen molar-refractivity contribution < 1.29 is 4.79 Å². The Kier molecular flexibility index (Phi) is 5.78. The van der Waals surface area contributed by atoms with Gasteiger partial charge >= 0.3 is 6.03 Å². The Hall–Kier alpha value is -2.53. The lowest BCUT2D eigenvalue weighted by molar-refractivity contribution is 0.252. The zero-order valence-electron chi connectivity index (χ0n) is 15.0. The third kappa shape index (κ3) is 4.55. The lowest BCUT2D eigenvalue weighted by Crippen LogP contribution is -2.30. The molecule has 1 aromatic carbocycles. The van der Waals surface area contributed by atoms with E-state index in [-0.39, 0.29) is 6.03 Å². The minimum absolute atomic E-state index is 0.240. The predicted molar refractivity (Wildman–Crippen MR) is 107 cm³/mol. The molecule has 0 aliphatic heterocycles. The first-order valence-electron chi connectivity index (χ1n) is 8.76. The summed E-state index contributed by atoms with van der Waals surface area (Å²) in [6.07, 6.45) is 4.71. The van der Waals surface area contributed by atoms with Crippen molar-refractivity contribution >= 4 is 34.4 Å². The monoisotopic (exact) mass is 370 g/mol. The van der Waals surface area contributed by atoms with Crippen molar-refractivity contribution in [2.45, 2.75) is 26.8 Å². The van der Waals surface area contributed by atoms with Crippen molar-refractivity contribution in [1.29, 1.82) is 0 Å². The Labute approximate surface area is 158 Å². The van der Waals surface area contributed by atoms with E-state index < -0.39 is 0 Å². The van der Waals surface area contributed by atoms with Crippen molar-refractivity contribution in [3.63, 3.8) is 0 Å². The molecule has 0 saturated heterocycles. The molecular formula is C20H23ClN4O. The van der Waals surface area contributed by atoms with E-state index in [1.807, 2.05) is 12.3 Å². The van der Waals surface area contributed by atoms with E-state index in [1.165, 1.54) is 5.56 Å². The molecular weight excluding hydrogens is 348 g/mol. The van der Waals surface area contributed by atoms with Crippen LogP contribution >= 0.6 is 11.6 Å². The summed E-state index contributed by atoms with van der Waals surface area (Å²) in [4.78, 5) is 16.6. The summed E-state index contributed by atoms with van der Waals surface area (Å²) >= 11 is 5.93. The summed E-state index contributed by atoms with van der Waals surface area (Å²) in [5, 5.41) is 7.41. The molecule has 5 nitrogen and oxygen atoms in total. The number of carbonyl (C=O) groups is 1. The molecule has 0 spiro atoms. The highest BCUT2D eigenvalue weighted by atomic mass is 35.5. The van der Waals surface area contributed by atoms with Crippen LogP contribution in [0.1, 0.15) is 19.4 Å². The van der Waals surface area contributed by atoms with Gasteiger partial charge in [-0.2, -0.15) is 0 Å². The number of hydrogen-bond acceptors (Lipinski definition) is 2. The summed E-state index contributed by atoms with van der Waals surface area (Å²) in [7, 11) is 0. The Balaban J connectivity index is 1.62. The van der Waals surface area contributed by atoms with Gasteiger partial charge in [0.25, 0.3) is 0 Å². The van der Waals surface area contributed by atoms with Gasteiger partial charge in [0.1, 0.15) is 5.65 Å². The van der Waals surface area contributed by atoms with Crippen molar-refractivity contribution in [3.8, 4) is 0 Å². The normalized spacial score (nSPS) is 11.1. The van der Waals surface area contributed by atoms with Crippen LogP contribution in [-0.2, 0) is 13.0 Å². The average Bonchev–Trinajstić information content (AvgIpc) is 2.92. The van der Waals surface area contributed by atoms with Gasteiger partial charge in [0.05, 0.1) is 0 Å². The quantitative estimate of drug-likeness (QED) is 0.660. The number of hydrogen-bond donors (Lipinski definition) is 2. The van der Waals surface area contributed by atoms with Crippen LogP contribution in [0.5, 0.6) is 0 Å². The highest BCUT2D eigenvalue weighted by Gasteiger charge is 2.10. The number of urea groups is 1. The standard InChI is InChI=1S/C20H23ClN4O/c1-14(2)12-25-13-15(18-7-4-9-22-19(18)25)8-10-23-20(26)24-17-6-3-5-16(21)11-17/h3-7,9,11,13-14H,8,10,12H2,1-2H3,(H2,23,24,26). The number of aromatic nitrogens is 2. The maximum Gasteiger partial charge on any atom is 0.319 e. The molecule has 136 valence electrons. The number of amides is 2. The van der Waals surface area contributed by atoms with Crippen LogP contribution in [-0.4, -0.2) is 22.1 Å². The van der Waals surface area contributed by atoms with Gasteiger partial charge in [-0.05, 0) is 48.2 Å². The van der Waals surface area contributed by atoms with Gasteiger partial charge in [-0.1, -0.05) is 31.5 Å². The molecule has 0 atom stereocenters. The Morgan fingerprint density at radius 1 is 1.27 bits per heavy atom. The number of fused-ring (bicyclic) bond motifs is 1. The van der Waals surface area contributed by atoms with Crippen molar-refractivity contribution in [3.05, 3.63) is 59.4 Å². The molecule has 0 aliphatic carbocycles. The number of rotatable bonds is 6. The average molecular weight is 371 g/mol. The van der Waals surface area contributed by atoms with E-state index >= 15 is 0 Å². The van der Waals surface area contributed by atoms with Crippen molar-refractivity contribution in [2.75, 3.05) is 11.9 Å². The molecule has 2 amide bonds. The summed E-state index contributed by atoms with van der Waals surface area (Å²) in [5.74, 6) is 0.544. The van der Waals surface area contributed by atoms with Crippen molar-refractivity contribution in [1.82, 2.24) is 14.9 Å². The maximum atomic E-state index is 12.0. The SMILES string of the molecule is CC(C)Cn1cc(CCNC(=O)Nc2cccc(Cl)c2)c2cccnc21. The van der Waals surface area contributed by atoms with E-state index in [0.29, 0.717) is 23.2 Å². The second kappa shape index (κ2) is 8.23. The summed E-state index contributed by atoms with van der Waals surface area (Å²) in [6.45, 7) is 5.85. The number of carbonyl (C=O) groups excluding carboxylic acids is 1. The fraction of sp³-hybridized carbons (Fsp3) is 0.300. The number of halogens is 1. The van der Waals surface area contributed by atoms with Crippen LogP contribution in [0.3, 0.4) is 0 Å². The summed E-state index contributed by atoms with van der Waals surface area (Å²) in [5.41, 5.74) is 2.86. The molecule has 3 rings (SSSR count). The summed E-state index contributed by atoms with van der Waals surface area (Å²) < 4.78 is 2.20. The second-order valence-corrected chi connectivity index (χ2v) is 7.15. The van der Waals surface area contributed by atoms with Gasteiger partial charge in [0.15, 0.2) is 0 Å². The molecule has 0 saturated carbocycles. The Morgan fingerprint density at radius 2 is 2.12 bits per heavy atom. The number of benzene rings is 1. The number of anilines is 1. The molecule has 0 radical (unpaired) electrons. The first-order chi connectivity index (χ1) is 12.5. The highest BCUT2D eigenvalue weighted by molar-refractivity contribution is 6.30. The Bertz CT molecular complexity index is 904. The molecule has 0 unspecified atom stereocenters. The fourth-order valence-corrected chi connectivity index (χ4v) is 3.17. The molecule has 2 aromatic heterocycles. The lowest BCUT2D eigenvalue weighted by atomic mass is 10.1. The van der Waals surface area contributed by atoms with Gasteiger partial charge in [-0.25, -0.2) is 9.78 Å². The molecule has 3 aromatic rings. The lowest BCUT2D eigenvalue weighted by Gasteiger charge is -2.08. The van der Waals surface area contributed by atoms with Gasteiger partial charge < -0.3 is 15.2 Å². The highest BCUT2D eigenvalue weighted by Crippen LogP contribution is 2.21. The third-order valence-corrected chi connectivity index (χ3v) is 4.28. The van der Waals surface area contributed by atoms with E-state index in [2.05, 4.69) is 46.3 Å². The summed E-state index contributed by atoms with van der Waals surface area (Å²) in [6, 6.07) is 10.9. The molecule has 0 fully saturated rings. The van der Waals surface area contributed by atoms with E-state index in [9.17, 15) is 4.79 Å². The first-order valence-corrected chi connectivity index (χ1v) is 9.14. The van der Waals surface area contributed by atoms with Gasteiger partial charge in [0.2, 0.25) is 0 Å². The minimum Gasteiger partial charge on any atom is -0.338 e. The molecule has 2 N–H and O–H groups in total. The van der Waals surface area contributed by atoms with Crippen LogP contribution in [0.15, 0.2) is 48.8 Å². The van der Waals surface area contributed by atoms with Crippen LogP contribution in [0, 0.1) is 5.92 Å². The maximum absolute atomic E-state index is 12.0. The van der Waals surface area contributed by atoms with Gasteiger partial charge in [0, 0.05) is 41.6 Å². The third-order valence-electron chi connectivity index (χ3n) is 4.04. The van der Waals surface area contributed by atoms with E-state index in [4.69, 9.17) is 11.6 Å². The molecule has 0 bridgehead atoms. The molecule has 6 heteroatoms. The Morgan fingerprint density at radius 3 is 2.88 bits per heavy atom. The fourth-order valence-electron chi connectivity index (χ4n) is 2.98. The van der Waals surface area contributed by atoms with Gasteiger partial charge in [-0.15, -0.1) is 0 Å². The topological polar surface area (TPSA) is 59.0 Å². The molecule has 0 aliphatic rings. The number of nitrogens with zero attached hydrogens (tertiary/aromatic N) is 2. The first kappa shape index (κ1) is 18.3. The molecule has 26 heavy (non-hydrogen) atoms. The van der Waals surface area contributed by atoms with E-state index in [1.54, 1.807) is 24.3 Å². The number of nitrogens with one attached hydrogen (secondary N) is 2. The largest absolute Gasteiger partial charge is 0.338 e. The van der Waals surface area contributed by atoms with Crippen LogP contribution < -0.4 is 10.6 Å². The van der Waals surface area contributed by atoms with Crippen molar-refractivity contribution in [2.24, 2.45) is 5.92 Å². The minimum atomic E-state index is -0.240. The smallest absolute Gasteiger partial charge is 0.319 e. The van der Waals surface area contributed by atoms with Crippen LogP contribution in [0.25, 0.3) is 11.0 Å². The zero-order valence-corrected chi connectivity index (χ0v) is 15.8. The molecule has 2 heterocycles. The van der Waals surface area contributed by atoms with Gasteiger partial charge in [-0.3, -0.25) is 0 Å². The second-order valence-electron chi connectivity index (χ2n) is 6.72. The van der Waals surface area contributed by atoms with Crippen LogP contribution in [0.4, 0.5) is 10.5 Å². The number of pyridine rings is 1. The van der Waals surface area contributed by atoms with Crippen LogP contribution in [0.2, 0.25) is 5.02 Å². The zero-order chi connectivity index (χ0) is 18.5. The predicted octanol–water partition coefficient (Wildman–Crippen LogP) is 4.71. The van der Waals surface area contributed by atoms with E-state index in [0.717, 1.165) is 24.0 Å².